The zero-order valence-corrected chi connectivity index (χ0v) is 22.0. The summed E-state index contributed by atoms with van der Waals surface area (Å²) in [4.78, 5) is 12.2. The Bertz CT molecular complexity index is 1280. The molecule has 1 amide bonds. The number of hydrogen-bond acceptors (Lipinski definition) is 3. The number of carbonyl (C=O) groups is 1. The van der Waals surface area contributed by atoms with Crippen molar-refractivity contribution in [3.63, 3.8) is 0 Å². The SMILES string of the molecule is O=C(N/N=C\c1cc(Br)c(OCc2cccc3ccccc23)c(Br)c1)c1ccc(I)cc1. The van der Waals surface area contributed by atoms with Crippen LogP contribution in [-0.4, -0.2) is 12.1 Å². The zero-order chi connectivity index (χ0) is 22.5. The van der Waals surface area contributed by atoms with Crippen LogP contribution in [0.5, 0.6) is 5.75 Å². The minimum absolute atomic E-state index is 0.258. The van der Waals surface area contributed by atoms with Gasteiger partial charge in [0.15, 0.2) is 0 Å². The molecule has 4 aromatic carbocycles. The molecule has 0 unspecified atom stereocenters. The summed E-state index contributed by atoms with van der Waals surface area (Å²) in [7, 11) is 0. The first-order valence-corrected chi connectivity index (χ1v) is 12.4. The lowest BCUT2D eigenvalue weighted by molar-refractivity contribution is 0.0955. The Balaban J connectivity index is 1.44. The number of ether oxygens (including phenoxy) is 1. The summed E-state index contributed by atoms with van der Waals surface area (Å²) in [6.45, 7) is 0.443. The van der Waals surface area contributed by atoms with Gasteiger partial charge in [0.25, 0.3) is 5.91 Å². The Labute approximate surface area is 216 Å². The lowest BCUT2D eigenvalue weighted by atomic mass is 10.1. The molecule has 0 saturated carbocycles. The number of carbonyl (C=O) groups excluding carboxylic acids is 1. The number of fused-ring (bicyclic) bond motifs is 1. The van der Waals surface area contributed by atoms with Crippen LogP contribution in [0.1, 0.15) is 21.5 Å². The maximum Gasteiger partial charge on any atom is 0.271 e. The van der Waals surface area contributed by atoms with E-state index in [2.05, 4.69) is 89.2 Å². The highest BCUT2D eigenvalue weighted by Crippen LogP contribution is 2.35. The number of halogens is 3. The molecular weight excluding hydrogens is 647 g/mol. The lowest BCUT2D eigenvalue weighted by Crippen LogP contribution is -2.17. The largest absolute Gasteiger partial charge is 0.487 e. The van der Waals surface area contributed by atoms with E-state index >= 15 is 0 Å². The summed E-state index contributed by atoms with van der Waals surface area (Å²) in [5.41, 5.74) is 5.03. The van der Waals surface area contributed by atoms with Crippen molar-refractivity contribution < 1.29 is 9.53 Å². The molecule has 0 bridgehead atoms. The van der Waals surface area contributed by atoms with Gasteiger partial charge in [-0.3, -0.25) is 4.79 Å². The molecule has 4 rings (SSSR count). The number of rotatable bonds is 6. The van der Waals surface area contributed by atoms with Crippen molar-refractivity contribution in [2.24, 2.45) is 5.10 Å². The highest BCUT2D eigenvalue weighted by Gasteiger charge is 2.10. The Hall–Kier alpha value is -2.23. The molecule has 0 aliphatic heterocycles. The van der Waals surface area contributed by atoms with E-state index in [0.29, 0.717) is 17.9 Å². The molecule has 0 atom stereocenters. The summed E-state index contributed by atoms with van der Waals surface area (Å²) >= 11 is 9.36. The van der Waals surface area contributed by atoms with Gasteiger partial charge in [-0.25, -0.2) is 5.43 Å². The molecule has 0 aliphatic rings. The van der Waals surface area contributed by atoms with E-state index in [-0.39, 0.29) is 5.91 Å². The first-order chi connectivity index (χ1) is 15.5. The molecule has 4 nitrogen and oxygen atoms in total. The highest BCUT2D eigenvalue weighted by molar-refractivity contribution is 14.1. The fourth-order valence-electron chi connectivity index (χ4n) is 3.19. The average Bonchev–Trinajstić information content (AvgIpc) is 2.79. The standard InChI is InChI=1S/C25H17Br2IN2O2/c26-22-12-16(14-29-30-25(31)18-8-10-20(28)11-9-18)13-23(27)24(22)32-15-19-6-3-5-17-4-1-2-7-21(17)19/h1-14H,15H2,(H,30,31)/b29-14-. The molecule has 160 valence electrons. The van der Waals surface area contributed by atoms with Crippen LogP contribution in [0.2, 0.25) is 0 Å². The average molecular weight is 664 g/mol. The van der Waals surface area contributed by atoms with E-state index in [4.69, 9.17) is 4.74 Å². The van der Waals surface area contributed by atoms with E-state index in [9.17, 15) is 4.79 Å². The molecule has 32 heavy (non-hydrogen) atoms. The van der Waals surface area contributed by atoms with Crippen LogP contribution in [0.15, 0.2) is 92.9 Å². The second-order valence-corrected chi connectivity index (χ2v) is 9.90. The van der Waals surface area contributed by atoms with E-state index < -0.39 is 0 Å². The van der Waals surface area contributed by atoms with Crippen LogP contribution < -0.4 is 10.2 Å². The Kier molecular flexibility index (Phi) is 7.59. The maximum absolute atomic E-state index is 12.2. The van der Waals surface area contributed by atoms with E-state index in [1.807, 2.05) is 42.5 Å². The number of amides is 1. The molecule has 0 fully saturated rings. The van der Waals surface area contributed by atoms with Gasteiger partial charge in [0, 0.05) is 9.13 Å². The highest BCUT2D eigenvalue weighted by atomic mass is 127. The van der Waals surface area contributed by atoms with Gasteiger partial charge in [-0.15, -0.1) is 0 Å². The van der Waals surface area contributed by atoms with Gasteiger partial charge in [0.1, 0.15) is 12.4 Å². The molecule has 1 N–H and O–H groups in total. The quantitative estimate of drug-likeness (QED) is 0.134. The van der Waals surface area contributed by atoms with E-state index in [0.717, 1.165) is 23.6 Å². The summed E-state index contributed by atoms with van der Waals surface area (Å²) in [5, 5.41) is 6.43. The third-order valence-corrected chi connectivity index (χ3v) is 6.66. The van der Waals surface area contributed by atoms with Gasteiger partial charge in [0.05, 0.1) is 15.2 Å². The van der Waals surface area contributed by atoms with Gasteiger partial charge in [0.2, 0.25) is 0 Å². The monoisotopic (exact) mass is 662 g/mol. The topological polar surface area (TPSA) is 50.7 Å². The minimum atomic E-state index is -0.258. The molecular formula is C25H17Br2IN2O2. The number of benzene rings is 4. The van der Waals surface area contributed by atoms with Crippen LogP contribution in [0, 0.1) is 3.57 Å². The number of hydrazone groups is 1. The van der Waals surface area contributed by atoms with Gasteiger partial charge < -0.3 is 4.74 Å². The third-order valence-electron chi connectivity index (χ3n) is 4.76. The Morgan fingerprint density at radius 1 is 0.969 bits per heavy atom. The van der Waals surface area contributed by atoms with Gasteiger partial charge >= 0.3 is 0 Å². The van der Waals surface area contributed by atoms with Crippen LogP contribution in [0.25, 0.3) is 10.8 Å². The summed E-state index contributed by atoms with van der Waals surface area (Å²) in [5.74, 6) is 0.448. The summed E-state index contributed by atoms with van der Waals surface area (Å²) in [6.07, 6.45) is 1.59. The van der Waals surface area contributed by atoms with Crippen LogP contribution in [-0.2, 0) is 6.61 Å². The summed E-state index contributed by atoms with van der Waals surface area (Å²) in [6, 6.07) is 25.5. The zero-order valence-electron chi connectivity index (χ0n) is 16.7. The van der Waals surface area contributed by atoms with Gasteiger partial charge in [-0.2, -0.15) is 5.10 Å². The van der Waals surface area contributed by atoms with Crippen molar-refractivity contribution in [3.8, 4) is 5.75 Å². The van der Waals surface area contributed by atoms with Crippen molar-refractivity contribution >= 4 is 77.3 Å². The van der Waals surface area contributed by atoms with Crippen LogP contribution in [0.4, 0.5) is 0 Å². The molecule has 0 aliphatic carbocycles. The first kappa shape index (κ1) is 22.9. The van der Waals surface area contributed by atoms with Crippen LogP contribution >= 0.6 is 54.5 Å². The van der Waals surface area contributed by atoms with E-state index in [1.165, 1.54) is 10.8 Å². The smallest absolute Gasteiger partial charge is 0.271 e. The number of nitrogens with zero attached hydrogens (tertiary/aromatic N) is 1. The second kappa shape index (κ2) is 10.6. The lowest BCUT2D eigenvalue weighted by Gasteiger charge is -2.13. The summed E-state index contributed by atoms with van der Waals surface area (Å²) < 4.78 is 8.77. The Morgan fingerprint density at radius 2 is 1.66 bits per heavy atom. The molecule has 4 aromatic rings. The number of hydrogen-bond donors (Lipinski definition) is 1. The molecule has 0 spiro atoms. The van der Waals surface area contributed by atoms with Gasteiger partial charge in [-0.05, 0) is 113 Å². The van der Waals surface area contributed by atoms with E-state index in [1.54, 1.807) is 18.3 Å². The molecule has 7 heteroatoms. The molecule has 0 heterocycles. The first-order valence-electron chi connectivity index (χ1n) is 9.69. The predicted molar refractivity (Wildman–Crippen MR) is 144 cm³/mol. The minimum Gasteiger partial charge on any atom is -0.487 e. The maximum atomic E-state index is 12.2. The van der Waals surface area contributed by atoms with Crippen molar-refractivity contribution in [2.75, 3.05) is 0 Å². The molecule has 0 radical (unpaired) electrons. The van der Waals surface area contributed by atoms with Crippen molar-refractivity contribution in [1.82, 2.24) is 5.43 Å². The van der Waals surface area contributed by atoms with Crippen molar-refractivity contribution in [3.05, 3.63) is 108 Å². The second-order valence-electron chi connectivity index (χ2n) is 6.95. The predicted octanol–water partition coefficient (Wildman–Crippen LogP) is 7.31. The molecule has 0 aromatic heterocycles. The van der Waals surface area contributed by atoms with Crippen molar-refractivity contribution in [2.45, 2.75) is 6.61 Å². The third kappa shape index (κ3) is 5.57. The number of nitrogens with one attached hydrogen (secondary N) is 1. The van der Waals surface area contributed by atoms with Crippen molar-refractivity contribution in [1.29, 1.82) is 0 Å². The fourth-order valence-corrected chi connectivity index (χ4v) is 5.00. The van der Waals surface area contributed by atoms with Gasteiger partial charge in [-0.1, -0.05) is 42.5 Å². The Morgan fingerprint density at radius 3 is 2.41 bits per heavy atom. The fraction of sp³-hybridized carbons (Fsp3) is 0.0400. The normalized spacial score (nSPS) is 11.1. The molecule has 0 saturated heterocycles. The van der Waals surface area contributed by atoms with Crippen LogP contribution in [0.3, 0.4) is 0 Å².